The van der Waals surface area contributed by atoms with Crippen LogP contribution in [0.3, 0.4) is 0 Å². The molecule has 3 rings (SSSR count). The molecular formula is C17H19N3O3S. The summed E-state index contributed by atoms with van der Waals surface area (Å²) in [5.41, 5.74) is 1.24. The van der Waals surface area contributed by atoms with Crippen LogP contribution < -0.4 is 10.9 Å². The van der Waals surface area contributed by atoms with E-state index in [4.69, 9.17) is 4.74 Å². The average molecular weight is 345 g/mol. The van der Waals surface area contributed by atoms with Crippen LogP contribution in [0.5, 0.6) is 0 Å². The number of H-pyrrole nitrogens is 1. The van der Waals surface area contributed by atoms with E-state index >= 15 is 0 Å². The van der Waals surface area contributed by atoms with E-state index in [9.17, 15) is 9.59 Å². The van der Waals surface area contributed by atoms with Gasteiger partial charge in [0.1, 0.15) is 0 Å². The van der Waals surface area contributed by atoms with Gasteiger partial charge in [-0.15, -0.1) is 0 Å². The fourth-order valence-corrected chi connectivity index (χ4v) is 3.18. The highest BCUT2D eigenvalue weighted by atomic mass is 32.2. The van der Waals surface area contributed by atoms with E-state index in [2.05, 4.69) is 15.3 Å². The summed E-state index contributed by atoms with van der Waals surface area (Å²) < 4.78 is 5.47. The lowest BCUT2D eigenvalue weighted by Gasteiger charge is -2.10. The fraction of sp³-hybridized carbons (Fsp3) is 0.353. The zero-order valence-electron chi connectivity index (χ0n) is 13.2. The molecule has 0 radical (unpaired) electrons. The number of carbonyl (C=O) groups excluding carboxylic acids is 1. The van der Waals surface area contributed by atoms with E-state index < -0.39 is 0 Å². The highest BCUT2D eigenvalue weighted by Gasteiger charge is 2.16. The molecule has 1 atom stereocenters. The zero-order chi connectivity index (χ0) is 16.8. The molecule has 6 nitrogen and oxygen atoms in total. The summed E-state index contributed by atoms with van der Waals surface area (Å²) in [6.45, 7) is 1.31. The van der Waals surface area contributed by atoms with Crippen LogP contribution in [0.1, 0.15) is 12.8 Å². The third kappa shape index (κ3) is 4.69. The van der Waals surface area contributed by atoms with Gasteiger partial charge in [-0.25, -0.2) is 4.98 Å². The molecule has 2 N–H and O–H groups in total. The van der Waals surface area contributed by atoms with Gasteiger partial charge in [0.25, 0.3) is 5.56 Å². The van der Waals surface area contributed by atoms with Crippen molar-refractivity contribution in [3.05, 3.63) is 46.8 Å². The number of thioether (sulfide) groups is 1. The lowest BCUT2D eigenvalue weighted by Crippen LogP contribution is -2.33. The van der Waals surface area contributed by atoms with Crippen LogP contribution in [-0.4, -0.2) is 40.9 Å². The Labute approximate surface area is 144 Å². The first-order chi connectivity index (χ1) is 11.7. The molecular weight excluding hydrogens is 326 g/mol. The molecule has 126 valence electrons. The maximum absolute atomic E-state index is 11.9. The SMILES string of the molecule is O=C(CSc1nc(-c2ccccc2)cc(=O)[nH]1)NC[C@@H]1CCCO1. The number of amides is 1. The second kappa shape index (κ2) is 8.12. The Morgan fingerprint density at radius 2 is 2.21 bits per heavy atom. The van der Waals surface area contributed by atoms with Gasteiger partial charge in [-0.3, -0.25) is 9.59 Å². The number of carbonyl (C=O) groups is 1. The average Bonchev–Trinajstić information content (AvgIpc) is 3.12. The van der Waals surface area contributed by atoms with Crippen LogP contribution in [0.2, 0.25) is 0 Å². The second-order valence-electron chi connectivity index (χ2n) is 5.53. The minimum atomic E-state index is -0.230. The third-order valence-corrected chi connectivity index (χ3v) is 4.55. The molecule has 1 saturated heterocycles. The van der Waals surface area contributed by atoms with Crippen molar-refractivity contribution in [1.29, 1.82) is 0 Å². The van der Waals surface area contributed by atoms with Crippen molar-refractivity contribution in [3.8, 4) is 11.3 Å². The van der Waals surface area contributed by atoms with Crippen LogP contribution in [0.25, 0.3) is 11.3 Å². The lowest BCUT2D eigenvalue weighted by atomic mass is 10.1. The minimum Gasteiger partial charge on any atom is -0.376 e. The van der Waals surface area contributed by atoms with Gasteiger partial charge in [-0.1, -0.05) is 42.1 Å². The van der Waals surface area contributed by atoms with Crippen LogP contribution >= 0.6 is 11.8 Å². The Balaban J connectivity index is 1.57. The van der Waals surface area contributed by atoms with Gasteiger partial charge in [-0.05, 0) is 12.8 Å². The van der Waals surface area contributed by atoms with Crippen LogP contribution in [0, 0.1) is 0 Å². The van der Waals surface area contributed by atoms with Crippen molar-refractivity contribution in [1.82, 2.24) is 15.3 Å². The van der Waals surface area contributed by atoms with Gasteiger partial charge in [0.2, 0.25) is 5.91 Å². The molecule has 2 heterocycles. The second-order valence-corrected chi connectivity index (χ2v) is 6.49. The maximum Gasteiger partial charge on any atom is 0.252 e. The lowest BCUT2D eigenvalue weighted by molar-refractivity contribution is -0.119. The quantitative estimate of drug-likeness (QED) is 0.616. The molecule has 1 amide bonds. The zero-order valence-corrected chi connectivity index (χ0v) is 14.0. The molecule has 1 aliphatic heterocycles. The standard InChI is InChI=1S/C17H19N3O3S/c21-15-9-14(12-5-2-1-3-6-12)19-17(20-15)24-11-16(22)18-10-13-7-4-8-23-13/h1-3,5-6,9,13H,4,7-8,10-11H2,(H,18,22)(H,19,20,21)/t13-/m0/s1. The van der Waals surface area contributed by atoms with Gasteiger partial charge >= 0.3 is 0 Å². The van der Waals surface area contributed by atoms with Crippen molar-refractivity contribution >= 4 is 17.7 Å². The topological polar surface area (TPSA) is 84.1 Å². The van der Waals surface area contributed by atoms with Crippen molar-refractivity contribution in [3.63, 3.8) is 0 Å². The van der Waals surface area contributed by atoms with Crippen LogP contribution in [-0.2, 0) is 9.53 Å². The summed E-state index contributed by atoms with van der Waals surface area (Å²) in [7, 11) is 0. The van der Waals surface area contributed by atoms with Crippen LogP contribution in [0.15, 0.2) is 46.3 Å². The first kappa shape index (κ1) is 16.7. The van der Waals surface area contributed by atoms with E-state index in [1.54, 1.807) is 0 Å². The van der Waals surface area contributed by atoms with Crippen molar-refractivity contribution in [2.75, 3.05) is 18.9 Å². The Morgan fingerprint density at radius 1 is 1.38 bits per heavy atom. The first-order valence-corrected chi connectivity index (χ1v) is 8.87. The smallest absolute Gasteiger partial charge is 0.252 e. The van der Waals surface area contributed by atoms with Crippen molar-refractivity contribution < 1.29 is 9.53 Å². The number of benzene rings is 1. The summed E-state index contributed by atoms with van der Waals surface area (Å²) in [6, 6.07) is 10.9. The molecule has 7 heteroatoms. The molecule has 1 aliphatic rings. The molecule has 24 heavy (non-hydrogen) atoms. The summed E-state index contributed by atoms with van der Waals surface area (Å²) in [5.74, 6) is 0.108. The molecule has 2 aromatic rings. The fourth-order valence-electron chi connectivity index (χ4n) is 2.48. The van der Waals surface area contributed by atoms with E-state index in [0.717, 1.165) is 25.0 Å². The number of nitrogens with zero attached hydrogens (tertiary/aromatic N) is 1. The number of aromatic nitrogens is 2. The highest BCUT2D eigenvalue weighted by molar-refractivity contribution is 7.99. The Kier molecular flexibility index (Phi) is 5.66. The molecule has 0 saturated carbocycles. The summed E-state index contributed by atoms with van der Waals surface area (Å²) in [5, 5.41) is 3.29. The Bertz CT molecular complexity index is 742. The van der Waals surface area contributed by atoms with E-state index in [-0.39, 0.29) is 23.3 Å². The van der Waals surface area contributed by atoms with Gasteiger partial charge in [-0.2, -0.15) is 0 Å². The summed E-state index contributed by atoms with van der Waals surface area (Å²) in [4.78, 5) is 30.8. The summed E-state index contributed by atoms with van der Waals surface area (Å²) >= 11 is 1.21. The first-order valence-electron chi connectivity index (χ1n) is 7.88. The number of aromatic amines is 1. The molecule has 0 bridgehead atoms. The van der Waals surface area contributed by atoms with E-state index in [0.29, 0.717) is 17.4 Å². The molecule has 0 spiro atoms. The largest absolute Gasteiger partial charge is 0.376 e. The summed E-state index contributed by atoms with van der Waals surface area (Å²) in [6.07, 6.45) is 2.16. The number of ether oxygens (including phenoxy) is 1. The van der Waals surface area contributed by atoms with E-state index in [1.165, 1.54) is 17.8 Å². The molecule has 1 aromatic carbocycles. The van der Waals surface area contributed by atoms with Gasteiger partial charge in [0.15, 0.2) is 5.16 Å². The Hall–Kier alpha value is -2.12. The molecule has 0 aliphatic carbocycles. The number of hydrogen-bond acceptors (Lipinski definition) is 5. The highest BCUT2D eigenvalue weighted by Crippen LogP contribution is 2.18. The minimum absolute atomic E-state index is 0.0942. The molecule has 0 unspecified atom stereocenters. The number of hydrogen-bond donors (Lipinski definition) is 2. The predicted octanol–water partition coefficient (Wildman–Crippen LogP) is 1.82. The predicted molar refractivity (Wildman–Crippen MR) is 93.0 cm³/mol. The monoisotopic (exact) mass is 345 g/mol. The van der Waals surface area contributed by atoms with Crippen molar-refractivity contribution in [2.45, 2.75) is 24.1 Å². The number of nitrogens with one attached hydrogen (secondary N) is 2. The van der Waals surface area contributed by atoms with Gasteiger partial charge in [0, 0.05) is 24.8 Å². The molecule has 1 aromatic heterocycles. The Morgan fingerprint density at radius 3 is 2.96 bits per heavy atom. The van der Waals surface area contributed by atoms with Gasteiger partial charge in [0.05, 0.1) is 17.6 Å². The van der Waals surface area contributed by atoms with Crippen LogP contribution in [0.4, 0.5) is 0 Å². The molecule has 1 fully saturated rings. The number of rotatable bonds is 6. The third-order valence-electron chi connectivity index (χ3n) is 3.68. The van der Waals surface area contributed by atoms with Crippen molar-refractivity contribution in [2.24, 2.45) is 0 Å². The normalized spacial score (nSPS) is 16.9. The maximum atomic E-state index is 11.9. The van der Waals surface area contributed by atoms with Gasteiger partial charge < -0.3 is 15.0 Å². The van der Waals surface area contributed by atoms with E-state index in [1.807, 2.05) is 30.3 Å².